The normalized spacial score (nSPS) is 19.3. The van der Waals surface area contributed by atoms with Gasteiger partial charge < -0.3 is 15.4 Å². The maximum atomic E-state index is 12.5. The molecule has 1 aliphatic heterocycles. The highest BCUT2D eigenvalue weighted by atomic mass is 127. The van der Waals surface area contributed by atoms with Crippen molar-refractivity contribution >= 4 is 41.5 Å². The van der Waals surface area contributed by atoms with Gasteiger partial charge >= 0.3 is 6.18 Å². The highest BCUT2D eigenvalue weighted by Gasteiger charge is 2.34. The molecule has 1 heterocycles. The molecule has 10 heteroatoms. The number of nitrogens with one attached hydrogen (secondary N) is 2. The average Bonchev–Trinajstić information content (AvgIpc) is 2.98. The average molecular weight is 521 g/mol. The first-order valence-electron chi connectivity index (χ1n) is 8.44. The van der Waals surface area contributed by atoms with Gasteiger partial charge in [0.1, 0.15) is 11.9 Å². The van der Waals surface area contributed by atoms with Gasteiger partial charge in [-0.15, -0.1) is 24.0 Å². The van der Waals surface area contributed by atoms with Crippen molar-refractivity contribution in [1.82, 2.24) is 15.5 Å². The van der Waals surface area contributed by atoms with Gasteiger partial charge in [-0.1, -0.05) is 23.7 Å². The zero-order valence-electron chi connectivity index (χ0n) is 15.2. The number of rotatable bonds is 6. The lowest BCUT2D eigenvalue weighted by molar-refractivity contribution is -0.143. The second-order valence-corrected chi connectivity index (χ2v) is 6.70. The van der Waals surface area contributed by atoms with Crippen molar-refractivity contribution in [1.29, 1.82) is 0 Å². The van der Waals surface area contributed by atoms with E-state index in [-0.39, 0.29) is 36.1 Å². The van der Waals surface area contributed by atoms with Gasteiger partial charge in [-0.3, -0.25) is 9.89 Å². The van der Waals surface area contributed by atoms with Crippen molar-refractivity contribution in [3.05, 3.63) is 29.3 Å². The summed E-state index contributed by atoms with van der Waals surface area (Å²) in [5.74, 6) is 1.14. The van der Waals surface area contributed by atoms with Crippen molar-refractivity contribution in [2.24, 2.45) is 4.99 Å². The number of para-hydroxylation sites is 1. The fourth-order valence-electron chi connectivity index (χ4n) is 2.77. The Bertz CT molecular complexity index is 618. The van der Waals surface area contributed by atoms with Crippen LogP contribution in [-0.4, -0.2) is 62.4 Å². The molecule has 27 heavy (non-hydrogen) atoms. The quantitative estimate of drug-likeness (QED) is 0.342. The van der Waals surface area contributed by atoms with Gasteiger partial charge in [0.25, 0.3) is 0 Å². The van der Waals surface area contributed by atoms with E-state index in [2.05, 4.69) is 15.6 Å². The van der Waals surface area contributed by atoms with Crippen LogP contribution in [0.5, 0.6) is 5.75 Å². The summed E-state index contributed by atoms with van der Waals surface area (Å²) in [5.41, 5.74) is 0. The molecule has 0 spiro atoms. The number of likely N-dealkylation sites (tertiary alicyclic amines) is 1. The van der Waals surface area contributed by atoms with Gasteiger partial charge in [0.05, 0.1) is 18.1 Å². The molecule has 2 unspecified atom stereocenters. The van der Waals surface area contributed by atoms with Crippen molar-refractivity contribution in [2.45, 2.75) is 31.7 Å². The molecule has 0 saturated carbocycles. The maximum absolute atomic E-state index is 12.5. The number of aliphatic imine (C=N–C) groups is 1. The Labute approximate surface area is 179 Å². The highest BCUT2D eigenvalue weighted by molar-refractivity contribution is 14.0. The Morgan fingerprint density at radius 1 is 1.41 bits per heavy atom. The van der Waals surface area contributed by atoms with Crippen LogP contribution in [0.25, 0.3) is 0 Å². The van der Waals surface area contributed by atoms with E-state index >= 15 is 0 Å². The number of halogens is 5. The maximum Gasteiger partial charge on any atom is 0.401 e. The third-order valence-electron chi connectivity index (χ3n) is 3.96. The Hall–Kier alpha value is -0.940. The van der Waals surface area contributed by atoms with Crippen LogP contribution in [-0.2, 0) is 0 Å². The van der Waals surface area contributed by atoms with Crippen LogP contribution in [0.4, 0.5) is 13.2 Å². The summed E-state index contributed by atoms with van der Waals surface area (Å²) in [7, 11) is 1.62. The molecule has 0 amide bonds. The van der Waals surface area contributed by atoms with Gasteiger partial charge in [-0.25, -0.2) is 0 Å². The number of alkyl halides is 3. The summed E-state index contributed by atoms with van der Waals surface area (Å²) < 4.78 is 43.1. The molecular weight excluding hydrogens is 496 g/mol. The first-order valence-corrected chi connectivity index (χ1v) is 8.82. The van der Waals surface area contributed by atoms with Crippen LogP contribution in [0.2, 0.25) is 5.02 Å². The van der Waals surface area contributed by atoms with Crippen molar-refractivity contribution in [3.8, 4) is 5.75 Å². The van der Waals surface area contributed by atoms with E-state index in [4.69, 9.17) is 16.3 Å². The van der Waals surface area contributed by atoms with E-state index in [0.717, 1.165) is 0 Å². The summed E-state index contributed by atoms with van der Waals surface area (Å²) >= 11 is 6.06. The second-order valence-electron chi connectivity index (χ2n) is 6.29. The topological polar surface area (TPSA) is 48.9 Å². The molecule has 0 bridgehead atoms. The molecule has 0 aromatic heterocycles. The lowest BCUT2D eigenvalue weighted by atomic mass is 10.3. The van der Waals surface area contributed by atoms with Crippen molar-refractivity contribution in [2.75, 3.05) is 33.2 Å². The molecule has 0 aliphatic carbocycles. The molecule has 5 nitrogen and oxygen atoms in total. The Morgan fingerprint density at radius 2 is 2.11 bits per heavy atom. The predicted octanol–water partition coefficient (Wildman–Crippen LogP) is 3.53. The summed E-state index contributed by atoms with van der Waals surface area (Å²) in [5, 5.41) is 6.83. The highest BCUT2D eigenvalue weighted by Crippen LogP contribution is 2.24. The summed E-state index contributed by atoms with van der Waals surface area (Å²) in [6, 6.07) is 7.15. The van der Waals surface area contributed by atoms with Crippen molar-refractivity contribution < 1.29 is 17.9 Å². The lowest BCUT2D eigenvalue weighted by Gasteiger charge is -2.21. The molecule has 1 fully saturated rings. The minimum atomic E-state index is -4.17. The summed E-state index contributed by atoms with van der Waals surface area (Å²) in [6.07, 6.45) is -3.69. The van der Waals surface area contributed by atoms with Gasteiger partial charge in [-0.2, -0.15) is 13.2 Å². The second kappa shape index (κ2) is 11.2. The molecule has 0 radical (unpaired) electrons. The van der Waals surface area contributed by atoms with E-state index in [1.807, 2.05) is 19.1 Å². The zero-order valence-corrected chi connectivity index (χ0v) is 18.3. The molecule has 2 atom stereocenters. The number of hydrogen-bond acceptors (Lipinski definition) is 3. The van der Waals surface area contributed by atoms with Crippen LogP contribution >= 0.6 is 35.6 Å². The van der Waals surface area contributed by atoms with Crippen LogP contribution in [0.3, 0.4) is 0 Å². The largest absolute Gasteiger partial charge is 0.487 e. The minimum absolute atomic E-state index is 0. The van der Waals surface area contributed by atoms with Gasteiger partial charge in [0, 0.05) is 26.2 Å². The number of guanidine groups is 1. The molecule has 154 valence electrons. The van der Waals surface area contributed by atoms with E-state index in [1.165, 1.54) is 4.90 Å². The molecular formula is C17H25ClF3IN4O. The van der Waals surface area contributed by atoms with Crippen LogP contribution in [0.1, 0.15) is 13.3 Å². The third kappa shape index (κ3) is 8.73. The Kier molecular flexibility index (Phi) is 9.96. The number of nitrogens with zero attached hydrogens (tertiary/aromatic N) is 2. The third-order valence-corrected chi connectivity index (χ3v) is 4.27. The number of benzene rings is 1. The number of ether oxygens (including phenoxy) is 1. The molecule has 2 rings (SSSR count). The lowest BCUT2D eigenvalue weighted by Crippen LogP contribution is -2.47. The first-order chi connectivity index (χ1) is 12.3. The summed E-state index contributed by atoms with van der Waals surface area (Å²) in [6.45, 7) is 2.25. The van der Waals surface area contributed by atoms with Gasteiger partial charge in [0.2, 0.25) is 0 Å². The Morgan fingerprint density at radius 3 is 2.74 bits per heavy atom. The fourth-order valence-corrected chi connectivity index (χ4v) is 2.96. The van der Waals surface area contributed by atoms with Crippen molar-refractivity contribution in [3.63, 3.8) is 0 Å². The van der Waals surface area contributed by atoms with Gasteiger partial charge in [0.15, 0.2) is 5.96 Å². The Balaban J connectivity index is 0.00000364. The predicted molar refractivity (Wildman–Crippen MR) is 112 cm³/mol. The monoisotopic (exact) mass is 520 g/mol. The van der Waals surface area contributed by atoms with Crippen LogP contribution in [0, 0.1) is 0 Å². The smallest absolute Gasteiger partial charge is 0.401 e. The zero-order chi connectivity index (χ0) is 19.2. The molecule has 2 N–H and O–H groups in total. The number of hydrogen-bond donors (Lipinski definition) is 2. The summed E-state index contributed by atoms with van der Waals surface area (Å²) in [4.78, 5) is 5.52. The molecule has 1 saturated heterocycles. The van der Waals surface area contributed by atoms with Crippen LogP contribution < -0.4 is 15.4 Å². The van der Waals surface area contributed by atoms with E-state index < -0.39 is 12.7 Å². The molecule has 1 aliphatic rings. The SMILES string of the molecule is CN=C(NCC(C)Oc1ccccc1Cl)NC1CCN(CC(F)(F)F)C1.I. The molecule has 1 aromatic carbocycles. The standard InChI is InChI=1S/C17H24ClF3N4O.HI/c1-12(26-15-6-4-3-5-14(15)18)9-23-16(22-2)24-13-7-8-25(10-13)11-17(19,20)21;/h3-6,12-13H,7-11H2,1-2H3,(H2,22,23,24);1H. The molecule has 1 aromatic rings. The van der Waals surface area contributed by atoms with Gasteiger partial charge in [-0.05, 0) is 25.5 Å². The van der Waals surface area contributed by atoms with E-state index in [9.17, 15) is 13.2 Å². The first kappa shape index (κ1) is 24.1. The van der Waals surface area contributed by atoms with E-state index in [1.54, 1.807) is 19.2 Å². The minimum Gasteiger partial charge on any atom is -0.487 e. The fraction of sp³-hybridized carbons (Fsp3) is 0.588. The van der Waals surface area contributed by atoms with E-state index in [0.29, 0.717) is 42.8 Å². The van der Waals surface area contributed by atoms with Crippen LogP contribution in [0.15, 0.2) is 29.3 Å².